The second kappa shape index (κ2) is 12.2. The van der Waals surface area contributed by atoms with Gasteiger partial charge in [0.2, 0.25) is 11.8 Å². The minimum absolute atomic E-state index is 0.0128. The summed E-state index contributed by atoms with van der Waals surface area (Å²) in [6.45, 7) is 6.71. The molecule has 1 aromatic heterocycles. The van der Waals surface area contributed by atoms with E-state index in [-0.39, 0.29) is 17.6 Å². The highest BCUT2D eigenvalue weighted by molar-refractivity contribution is 7.99. The van der Waals surface area contributed by atoms with Crippen LogP contribution in [0.25, 0.3) is 0 Å². The van der Waals surface area contributed by atoms with Gasteiger partial charge in [-0.05, 0) is 38.8 Å². The number of anilines is 1. The Labute approximate surface area is 205 Å². The van der Waals surface area contributed by atoms with Crippen molar-refractivity contribution in [1.82, 2.24) is 25.1 Å². The first-order chi connectivity index (χ1) is 16.1. The fourth-order valence-electron chi connectivity index (χ4n) is 4.92. The maximum atomic E-state index is 12.7. The van der Waals surface area contributed by atoms with Crippen LogP contribution in [0.5, 0.6) is 0 Å². The van der Waals surface area contributed by atoms with Crippen LogP contribution < -0.4 is 10.2 Å². The molecule has 2 saturated heterocycles. The minimum Gasteiger partial charge on any atom is -0.354 e. The number of carbonyl (C=O) groups excluding carboxylic acids is 2. The van der Waals surface area contributed by atoms with Crippen LogP contribution in [-0.2, 0) is 9.59 Å². The maximum Gasteiger partial charge on any atom is 0.230 e. The number of amides is 2. The summed E-state index contributed by atoms with van der Waals surface area (Å²) in [4.78, 5) is 40.4. The van der Waals surface area contributed by atoms with Crippen molar-refractivity contribution in [3.8, 4) is 0 Å². The summed E-state index contributed by atoms with van der Waals surface area (Å²) in [5.41, 5.74) is 0. The molecule has 3 aliphatic rings. The van der Waals surface area contributed by atoms with E-state index < -0.39 is 0 Å². The molecule has 1 aromatic rings. The molecular weight excluding hydrogens is 460 g/mol. The standard InChI is InChI=1S/C23H35ClN6O2S/c24-19-16-20(29-12-14-30(15-13-29)22(32)18-6-2-3-7-18)27-23(26-19)33-17-21(31)25-8-11-28-9-4-1-5-10-28/h16,18H,1-15,17H2,(H,25,31). The van der Waals surface area contributed by atoms with Crippen LogP contribution >= 0.6 is 23.4 Å². The normalized spacial score (nSPS) is 20.3. The van der Waals surface area contributed by atoms with Gasteiger partial charge in [-0.1, -0.05) is 42.6 Å². The molecule has 0 radical (unpaired) electrons. The molecule has 182 valence electrons. The van der Waals surface area contributed by atoms with E-state index in [1.54, 1.807) is 6.07 Å². The van der Waals surface area contributed by atoms with Gasteiger partial charge in [-0.2, -0.15) is 0 Å². The van der Waals surface area contributed by atoms with E-state index in [0.717, 1.165) is 51.4 Å². The fourth-order valence-corrected chi connectivity index (χ4v) is 5.83. The predicted octanol–water partition coefficient (Wildman–Crippen LogP) is 2.66. The zero-order valence-electron chi connectivity index (χ0n) is 19.3. The molecule has 1 saturated carbocycles. The Balaban J connectivity index is 1.22. The van der Waals surface area contributed by atoms with Crippen LogP contribution in [0.2, 0.25) is 5.15 Å². The largest absolute Gasteiger partial charge is 0.354 e. The number of nitrogens with one attached hydrogen (secondary N) is 1. The van der Waals surface area contributed by atoms with Crippen LogP contribution in [0, 0.1) is 5.92 Å². The van der Waals surface area contributed by atoms with Crippen molar-refractivity contribution in [2.24, 2.45) is 5.92 Å². The number of piperidine rings is 1. The molecule has 2 amide bonds. The molecule has 3 fully saturated rings. The Morgan fingerprint density at radius 3 is 2.45 bits per heavy atom. The van der Waals surface area contributed by atoms with Gasteiger partial charge in [0.05, 0.1) is 5.75 Å². The number of thioether (sulfide) groups is 1. The van der Waals surface area contributed by atoms with Crippen molar-refractivity contribution >= 4 is 41.0 Å². The van der Waals surface area contributed by atoms with Gasteiger partial charge in [0.15, 0.2) is 5.16 Å². The van der Waals surface area contributed by atoms with Crippen LogP contribution in [-0.4, -0.2) is 89.7 Å². The number of likely N-dealkylation sites (tertiary alicyclic amines) is 1. The lowest BCUT2D eigenvalue weighted by Gasteiger charge is -2.36. The highest BCUT2D eigenvalue weighted by atomic mass is 35.5. The number of hydrogen-bond acceptors (Lipinski definition) is 7. The molecule has 33 heavy (non-hydrogen) atoms. The summed E-state index contributed by atoms with van der Waals surface area (Å²) in [5.74, 6) is 1.55. The van der Waals surface area contributed by atoms with E-state index in [0.29, 0.717) is 35.9 Å². The predicted molar refractivity (Wildman–Crippen MR) is 132 cm³/mol. The number of aromatic nitrogens is 2. The average Bonchev–Trinajstić information content (AvgIpc) is 3.38. The zero-order chi connectivity index (χ0) is 23.0. The maximum absolute atomic E-state index is 12.7. The summed E-state index contributed by atoms with van der Waals surface area (Å²) < 4.78 is 0. The van der Waals surface area contributed by atoms with Crippen molar-refractivity contribution in [3.63, 3.8) is 0 Å². The summed E-state index contributed by atoms with van der Waals surface area (Å²) in [7, 11) is 0. The third-order valence-electron chi connectivity index (χ3n) is 6.81. The SMILES string of the molecule is O=C(CSc1nc(Cl)cc(N2CCN(C(=O)C3CCCC3)CC2)n1)NCCN1CCCCC1. The Hall–Kier alpha value is -1.58. The number of rotatable bonds is 8. The molecule has 4 rings (SSSR count). The zero-order valence-corrected chi connectivity index (χ0v) is 20.9. The first-order valence-corrected chi connectivity index (χ1v) is 13.6. The van der Waals surface area contributed by atoms with Gasteiger partial charge in [-0.15, -0.1) is 0 Å². The topological polar surface area (TPSA) is 81.7 Å². The summed E-state index contributed by atoms with van der Waals surface area (Å²) in [5, 5.41) is 3.87. The van der Waals surface area contributed by atoms with E-state index in [4.69, 9.17) is 11.6 Å². The lowest BCUT2D eigenvalue weighted by molar-refractivity contribution is -0.135. The smallest absolute Gasteiger partial charge is 0.230 e. The van der Waals surface area contributed by atoms with Crippen LogP contribution in [0.3, 0.4) is 0 Å². The third kappa shape index (κ3) is 7.20. The van der Waals surface area contributed by atoms with E-state index >= 15 is 0 Å². The molecule has 2 aliphatic heterocycles. The first kappa shape index (κ1) is 24.5. The van der Waals surface area contributed by atoms with Crippen molar-refractivity contribution in [2.75, 3.05) is 63.0 Å². The Bertz CT molecular complexity index is 808. The number of nitrogens with zero attached hydrogens (tertiary/aromatic N) is 5. The second-order valence-electron chi connectivity index (χ2n) is 9.17. The summed E-state index contributed by atoms with van der Waals surface area (Å²) >= 11 is 7.56. The van der Waals surface area contributed by atoms with Crippen LogP contribution in [0.1, 0.15) is 44.9 Å². The van der Waals surface area contributed by atoms with E-state index in [1.165, 1.54) is 43.9 Å². The Morgan fingerprint density at radius 2 is 1.73 bits per heavy atom. The van der Waals surface area contributed by atoms with Crippen molar-refractivity contribution in [2.45, 2.75) is 50.1 Å². The molecule has 0 unspecified atom stereocenters. The van der Waals surface area contributed by atoms with E-state index in [1.807, 2.05) is 4.90 Å². The molecule has 0 atom stereocenters. The van der Waals surface area contributed by atoms with Gasteiger partial charge >= 0.3 is 0 Å². The summed E-state index contributed by atoms with van der Waals surface area (Å²) in [6.07, 6.45) is 8.24. The minimum atomic E-state index is -0.0128. The number of carbonyl (C=O) groups is 2. The van der Waals surface area contributed by atoms with Gasteiger partial charge in [-0.25, -0.2) is 9.97 Å². The van der Waals surface area contributed by atoms with Crippen molar-refractivity contribution in [3.05, 3.63) is 11.2 Å². The van der Waals surface area contributed by atoms with Gasteiger partial charge in [0, 0.05) is 51.3 Å². The number of hydrogen-bond donors (Lipinski definition) is 1. The lowest BCUT2D eigenvalue weighted by atomic mass is 10.1. The molecule has 0 aromatic carbocycles. The number of piperazine rings is 1. The molecule has 3 heterocycles. The van der Waals surface area contributed by atoms with E-state index in [9.17, 15) is 9.59 Å². The average molecular weight is 495 g/mol. The Kier molecular flexibility index (Phi) is 9.09. The molecule has 0 bridgehead atoms. The van der Waals surface area contributed by atoms with Crippen LogP contribution in [0.15, 0.2) is 11.2 Å². The highest BCUT2D eigenvalue weighted by Gasteiger charge is 2.29. The fraction of sp³-hybridized carbons (Fsp3) is 0.739. The molecule has 1 aliphatic carbocycles. The quantitative estimate of drug-likeness (QED) is 0.338. The lowest BCUT2D eigenvalue weighted by Crippen LogP contribution is -2.50. The third-order valence-corrected chi connectivity index (χ3v) is 7.85. The van der Waals surface area contributed by atoms with Crippen molar-refractivity contribution < 1.29 is 9.59 Å². The molecule has 0 spiro atoms. The van der Waals surface area contributed by atoms with Crippen LogP contribution in [0.4, 0.5) is 5.82 Å². The molecule has 1 N–H and O–H groups in total. The van der Waals surface area contributed by atoms with Gasteiger partial charge in [0.1, 0.15) is 11.0 Å². The Morgan fingerprint density at radius 1 is 1.00 bits per heavy atom. The number of halogens is 1. The molecule has 10 heteroatoms. The monoisotopic (exact) mass is 494 g/mol. The van der Waals surface area contributed by atoms with Crippen molar-refractivity contribution in [1.29, 1.82) is 0 Å². The van der Waals surface area contributed by atoms with Gasteiger partial charge < -0.3 is 20.0 Å². The first-order valence-electron chi connectivity index (χ1n) is 12.3. The van der Waals surface area contributed by atoms with Gasteiger partial charge in [-0.3, -0.25) is 9.59 Å². The molecule has 8 nitrogen and oxygen atoms in total. The molecular formula is C23H35ClN6O2S. The second-order valence-corrected chi connectivity index (χ2v) is 10.5. The van der Waals surface area contributed by atoms with Gasteiger partial charge in [0.25, 0.3) is 0 Å². The highest BCUT2D eigenvalue weighted by Crippen LogP contribution is 2.28. The van der Waals surface area contributed by atoms with E-state index in [2.05, 4.69) is 25.1 Å². The summed E-state index contributed by atoms with van der Waals surface area (Å²) in [6, 6.07) is 1.76.